The van der Waals surface area contributed by atoms with Gasteiger partial charge in [0.15, 0.2) is 16.6 Å². The Morgan fingerprint density at radius 2 is 1.93 bits per heavy atom. The number of alkyl halides is 3. The molecule has 0 bridgehead atoms. The van der Waals surface area contributed by atoms with Crippen molar-refractivity contribution in [1.29, 1.82) is 5.26 Å². The van der Waals surface area contributed by atoms with E-state index in [4.69, 9.17) is 9.47 Å². The van der Waals surface area contributed by atoms with Gasteiger partial charge in [0.05, 0.1) is 42.1 Å². The van der Waals surface area contributed by atoms with Gasteiger partial charge in [0.2, 0.25) is 5.91 Å². The lowest BCUT2D eigenvalue weighted by Gasteiger charge is -2.13. The molecule has 0 spiro atoms. The van der Waals surface area contributed by atoms with E-state index in [1.54, 1.807) is 35.7 Å². The topological polar surface area (TPSA) is 109 Å². The summed E-state index contributed by atoms with van der Waals surface area (Å²) < 4.78 is 50.4. The molecule has 12 heteroatoms. The maximum Gasteiger partial charge on any atom is 0.416 e. The lowest BCUT2D eigenvalue weighted by Crippen LogP contribution is -2.19. The predicted molar refractivity (Wildman–Crippen MR) is 149 cm³/mol. The van der Waals surface area contributed by atoms with Crippen LogP contribution in [-0.4, -0.2) is 23.7 Å². The third-order valence-electron chi connectivity index (χ3n) is 5.53. The molecule has 0 fully saturated rings. The molecular formula is C29H24F3N5O3S. The van der Waals surface area contributed by atoms with Crippen molar-refractivity contribution in [2.45, 2.75) is 26.1 Å². The third kappa shape index (κ3) is 8.30. The van der Waals surface area contributed by atoms with Crippen LogP contribution in [-0.2, 0) is 24.0 Å². The summed E-state index contributed by atoms with van der Waals surface area (Å²) in [6.45, 7) is 2.44. The van der Waals surface area contributed by atoms with Crippen molar-refractivity contribution < 1.29 is 27.4 Å². The number of ether oxygens (including phenoxy) is 2. The number of carbonyl (C=O) groups excluding carboxylic acids is 1. The number of hydrazone groups is 1. The number of hydrogen-bond acceptors (Lipinski definition) is 8. The van der Waals surface area contributed by atoms with Crippen LogP contribution in [0.3, 0.4) is 0 Å². The molecule has 0 unspecified atom stereocenters. The first-order chi connectivity index (χ1) is 19.7. The zero-order valence-corrected chi connectivity index (χ0v) is 22.6. The zero-order chi connectivity index (χ0) is 29.2. The minimum absolute atomic E-state index is 0.0702. The summed E-state index contributed by atoms with van der Waals surface area (Å²) in [5, 5.41) is 18.1. The molecule has 0 aliphatic heterocycles. The highest BCUT2D eigenvalue weighted by Crippen LogP contribution is 2.32. The summed E-state index contributed by atoms with van der Waals surface area (Å²) >= 11 is 1.17. The van der Waals surface area contributed by atoms with Gasteiger partial charge in [-0.1, -0.05) is 24.3 Å². The molecule has 0 aliphatic carbocycles. The molecule has 8 nitrogen and oxygen atoms in total. The Bertz CT molecular complexity index is 1580. The fourth-order valence-corrected chi connectivity index (χ4v) is 4.36. The number of carbonyl (C=O) groups is 1. The summed E-state index contributed by atoms with van der Waals surface area (Å²) in [6, 6.07) is 19.3. The van der Waals surface area contributed by atoms with Crippen LogP contribution in [0.5, 0.6) is 11.5 Å². The molecule has 0 aliphatic rings. The van der Waals surface area contributed by atoms with Crippen molar-refractivity contribution in [3.8, 4) is 17.6 Å². The van der Waals surface area contributed by atoms with Crippen LogP contribution in [0.2, 0.25) is 0 Å². The fourth-order valence-electron chi connectivity index (χ4n) is 3.63. The van der Waals surface area contributed by atoms with Gasteiger partial charge >= 0.3 is 6.18 Å². The van der Waals surface area contributed by atoms with Crippen LogP contribution in [0.15, 0.2) is 77.2 Å². The molecule has 210 valence electrons. The summed E-state index contributed by atoms with van der Waals surface area (Å²) in [6.07, 6.45) is -3.06. The van der Waals surface area contributed by atoms with Gasteiger partial charge in [-0.3, -0.25) is 4.79 Å². The molecule has 0 saturated carbocycles. The predicted octanol–water partition coefficient (Wildman–Crippen LogP) is 6.45. The van der Waals surface area contributed by atoms with Gasteiger partial charge in [-0.05, 0) is 55.0 Å². The number of hydrogen-bond donors (Lipinski definition) is 2. The van der Waals surface area contributed by atoms with Gasteiger partial charge in [-0.25, -0.2) is 10.4 Å². The van der Waals surface area contributed by atoms with Gasteiger partial charge in [0.1, 0.15) is 6.61 Å². The lowest BCUT2D eigenvalue weighted by molar-refractivity contribution is -0.137. The highest BCUT2D eigenvalue weighted by atomic mass is 32.1. The largest absolute Gasteiger partial charge is 0.490 e. The van der Waals surface area contributed by atoms with E-state index >= 15 is 0 Å². The van der Waals surface area contributed by atoms with Gasteiger partial charge in [-0.2, -0.15) is 23.5 Å². The Balaban J connectivity index is 1.32. The van der Waals surface area contributed by atoms with E-state index in [-0.39, 0.29) is 18.7 Å². The van der Waals surface area contributed by atoms with E-state index in [1.807, 2.05) is 19.1 Å². The minimum Gasteiger partial charge on any atom is -0.490 e. The van der Waals surface area contributed by atoms with Crippen molar-refractivity contribution >= 4 is 34.3 Å². The number of nitrogens with zero attached hydrogens (tertiary/aromatic N) is 3. The fraction of sp³-hybridized carbons (Fsp3) is 0.172. The molecule has 3 aromatic carbocycles. The third-order valence-corrected chi connectivity index (χ3v) is 6.33. The smallest absolute Gasteiger partial charge is 0.416 e. The number of amides is 1. The summed E-state index contributed by atoms with van der Waals surface area (Å²) in [4.78, 5) is 16.6. The molecule has 41 heavy (non-hydrogen) atoms. The van der Waals surface area contributed by atoms with E-state index in [0.717, 1.165) is 17.7 Å². The van der Waals surface area contributed by atoms with Crippen LogP contribution < -0.4 is 20.2 Å². The van der Waals surface area contributed by atoms with Crippen molar-refractivity contribution in [1.82, 2.24) is 10.4 Å². The first-order valence-electron chi connectivity index (χ1n) is 12.3. The first kappa shape index (κ1) is 29.1. The number of anilines is 2. The molecule has 0 saturated heterocycles. The number of halogens is 3. The maximum absolute atomic E-state index is 12.9. The summed E-state index contributed by atoms with van der Waals surface area (Å²) in [7, 11) is 0. The highest BCUT2D eigenvalue weighted by Gasteiger charge is 2.30. The van der Waals surface area contributed by atoms with Gasteiger partial charge < -0.3 is 14.8 Å². The molecule has 4 rings (SSSR count). The Labute approximate surface area is 238 Å². The second kappa shape index (κ2) is 13.5. The Kier molecular flexibility index (Phi) is 9.55. The van der Waals surface area contributed by atoms with Crippen molar-refractivity contribution in [3.05, 3.63) is 100 Å². The number of rotatable bonds is 11. The molecule has 1 heterocycles. The van der Waals surface area contributed by atoms with Gasteiger partial charge in [0.25, 0.3) is 0 Å². The van der Waals surface area contributed by atoms with Gasteiger partial charge in [-0.15, -0.1) is 11.3 Å². The average molecular weight is 580 g/mol. The van der Waals surface area contributed by atoms with E-state index in [0.29, 0.717) is 40.1 Å². The van der Waals surface area contributed by atoms with E-state index in [2.05, 4.69) is 26.9 Å². The maximum atomic E-state index is 12.9. The number of benzene rings is 3. The molecule has 4 aromatic rings. The Hall–Kier alpha value is -4.89. The number of thiazole rings is 1. The standard InChI is InChI=1S/C29H24F3N5O3S/c1-2-39-26-12-19(10-11-25(26)40-17-21-7-4-3-6-20(21)15-33)16-34-37-27(38)14-24-18-41-28(36-24)35-23-9-5-8-22(13-23)29(30,31)32/h3-13,16,18H,2,14,17H2,1H3,(H,35,36)(H,37,38)/b34-16-. The van der Waals surface area contributed by atoms with E-state index < -0.39 is 17.6 Å². The van der Waals surface area contributed by atoms with Crippen molar-refractivity contribution in [2.24, 2.45) is 5.10 Å². The monoisotopic (exact) mass is 579 g/mol. The number of aromatic nitrogens is 1. The molecule has 1 amide bonds. The van der Waals surface area contributed by atoms with E-state index in [1.165, 1.54) is 29.7 Å². The second-order valence-electron chi connectivity index (χ2n) is 8.51. The normalized spacial score (nSPS) is 11.2. The Morgan fingerprint density at radius 3 is 2.71 bits per heavy atom. The SMILES string of the molecule is CCOc1cc(/C=N\NC(=O)Cc2csc(Nc3cccc(C(F)(F)F)c3)n2)ccc1OCc1ccccc1C#N. The number of nitriles is 1. The molecule has 0 radical (unpaired) electrons. The summed E-state index contributed by atoms with van der Waals surface area (Å²) in [5.41, 5.74) is 4.29. The molecule has 1 aromatic heterocycles. The quantitative estimate of drug-likeness (QED) is 0.156. The highest BCUT2D eigenvalue weighted by molar-refractivity contribution is 7.13. The minimum atomic E-state index is -4.45. The van der Waals surface area contributed by atoms with Crippen LogP contribution >= 0.6 is 11.3 Å². The first-order valence-corrected chi connectivity index (χ1v) is 13.2. The van der Waals surface area contributed by atoms with Crippen LogP contribution in [0.4, 0.5) is 24.0 Å². The van der Waals surface area contributed by atoms with Crippen molar-refractivity contribution in [2.75, 3.05) is 11.9 Å². The van der Waals surface area contributed by atoms with E-state index in [9.17, 15) is 23.2 Å². The molecule has 0 atom stereocenters. The van der Waals surface area contributed by atoms with Crippen LogP contribution in [0.1, 0.15) is 34.9 Å². The molecular weight excluding hydrogens is 555 g/mol. The average Bonchev–Trinajstić information content (AvgIpc) is 3.38. The van der Waals surface area contributed by atoms with Crippen LogP contribution in [0.25, 0.3) is 0 Å². The molecule has 2 N–H and O–H groups in total. The second-order valence-corrected chi connectivity index (χ2v) is 9.37. The van der Waals surface area contributed by atoms with Crippen LogP contribution in [0, 0.1) is 11.3 Å². The number of nitrogens with one attached hydrogen (secondary N) is 2. The summed E-state index contributed by atoms with van der Waals surface area (Å²) in [5.74, 6) is 0.567. The van der Waals surface area contributed by atoms with Gasteiger partial charge in [0, 0.05) is 16.6 Å². The van der Waals surface area contributed by atoms with Crippen molar-refractivity contribution in [3.63, 3.8) is 0 Å². The lowest BCUT2D eigenvalue weighted by atomic mass is 10.1. The Morgan fingerprint density at radius 1 is 1.10 bits per heavy atom. The zero-order valence-electron chi connectivity index (χ0n) is 21.7.